The molecule has 0 spiro atoms. The second-order valence-electron chi connectivity index (χ2n) is 0.679. The summed E-state index contributed by atoms with van der Waals surface area (Å²) in [5, 5.41) is 1.31. The van der Waals surface area contributed by atoms with Crippen molar-refractivity contribution in [2.24, 2.45) is 0 Å². The van der Waals surface area contributed by atoms with E-state index in [1.165, 1.54) is 5.25 Å². The van der Waals surface area contributed by atoms with Gasteiger partial charge in [0, 0.05) is 0 Å². The second kappa shape index (κ2) is 3.97. The monoisotopic (exact) mass is 158 g/mol. The van der Waals surface area contributed by atoms with Crippen LogP contribution >= 0.6 is 16.4 Å². The Morgan fingerprint density at radius 1 is 1.62 bits per heavy atom. The molecule has 0 bridgehead atoms. The molecule has 0 heterocycles. The van der Waals surface area contributed by atoms with Crippen LogP contribution in [0.5, 0.6) is 0 Å². The Kier molecular flexibility index (Phi) is 3.99. The number of hydrogen-bond acceptors (Lipinski definition) is 4. The summed E-state index contributed by atoms with van der Waals surface area (Å²) in [6, 6.07) is 0. The van der Waals surface area contributed by atoms with E-state index in [1.54, 1.807) is 0 Å². The molecule has 0 aromatic heterocycles. The predicted molar refractivity (Wildman–Crippen MR) is 21.7 cm³/mol. The molecule has 6 nitrogen and oxygen atoms in total. The Labute approximate surface area is 46.3 Å². The van der Waals surface area contributed by atoms with Gasteiger partial charge >= 0.3 is 16.4 Å². The van der Waals surface area contributed by atoms with Crippen LogP contribution in [0.4, 0.5) is 0 Å². The van der Waals surface area contributed by atoms with Gasteiger partial charge in [0.25, 0.3) is 0 Å². The molecule has 0 aromatic rings. The van der Waals surface area contributed by atoms with Gasteiger partial charge in [-0.3, -0.25) is 0 Å². The number of rotatable bonds is 3. The van der Waals surface area contributed by atoms with Crippen molar-refractivity contribution >= 4 is 16.4 Å². The Morgan fingerprint density at radius 2 is 2.12 bits per heavy atom. The van der Waals surface area contributed by atoms with Gasteiger partial charge in [0.15, 0.2) is 0 Å². The first-order valence-corrected chi connectivity index (χ1v) is 3.67. The molecule has 0 saturated carbocycles. The van der Waals surface area contributed by atoms with Gasteiger partial charge in [-0.05, 0) is 13.8 Å². The Bertz CT molecular complexity index is 95.0. The van der Waals surface area contributed by atoms with Crippen LogP contribution in [-0.2, 0) is 13.8 Å². The third-order valence-electron chi connectivity index (χ3n) is 0.193. The van der Waals surface area contributed by atoms with Crippen molar-refractivity contribution in [1.82, 2.24) is 5.25 Å². The number of nitrogens with one attached hydrogen (secondary N) is 1. The van der Waals surface area contributed by atoms with Crippen LogP contribution in [0.3, 0.4) is 0 Å². The molecule has 0 aliphatic heterocycles. The fraction of sp³-hybridized carbons (Fsp3) is 0. The minimum absolute atomic E-state index is 1.31. The minimum Gasteiger partial charge on any atom is -0.565 e. The molecule has 0 aliphatic rings. The van der Waals surface area contributed by atoms with E-state index in [0.717, 1.165) is 0 Å². The fourth-order valence-corrected chi connectivity index (χ4v) is 0.614. The van der Waals surface area contributed by atoms with E-state index in [1.807, 2.05) is 0 Å². The maximum absolute atomic E-state index is 9.55. The highest BCUT2D eigenvalue weighted by Crippen LogP contribution is 2.12. The van der Waals surface area contributed by atoms with Crippen molar-refractivity contribution < 1.29 is 23.5 Å². The molecule has 8 heavy (non-hydrogen) atoms. The highest BCUT2D eigenvalue weighted by Gasteiger charge is 2.15. The first-order chi connectivity index (χ1) is 3.63. The topological polar surface area (TPSA) is 98.7 Å². The second-order valence-corrected chi connectivity index (χ2v) is 2.04. The highest BCUT2D eigenvalue weighted by atomic mass is 31.1. The zero-order valence-corrected chi connectivity index (χ0v) is 5.26. The van der Waals surface area contributed by atoms with Gasteiger partial charge in [-0.1, -0.05) is 0 Å². The van der Waals surface area contributed by atoms with E-state index >= 15 is 0 Å². The summed E-state index contributed by atoms with van der Waals surface area (Å²) >= 11 is 0. The molecule has 8 heteroatoms. The Hall–Kier alpha value is 0.0400. The lowest BCUT2D eigenvalue weighted by Gasteiger charge is -1.75. The SMILES string of the molecule is O=[P+](O)NO[P+](=O)[O-]. The standard InChI is InChI=1S/HNO5P2/c2-7(3)1-6-8(4)5/h(H-,1,2,3)/p+1. The van der Waals surface area contributed by atoms with Crippen molar-refractivity contribution in [3.05, 3.63) is 0 Å². The molecule has 0 aliphatic carbocycles. The summed E-state index contributed by atoms with van der Waals surface area (Å²) in [5.74, 6) is 0. The van der Waals surface area contributed by atoms with Gasteiger partial charge in [0.1, 0.15) is 0 Å². The van der Waals surface area contributed by atoms with Crippen molar-refractivity contribution in [3.63, 3.8) is 0 Å². The zero-order valence-electron chi connectivity index (χ0n) is 3.47. The average molecular weight is 158 g/mol. The molecular formula is H2NO5P2+. The van der Waals surface area contributed by atoms with Crippen LogP contribution in [-0.4, -0.2) is 4.89 Å². The molecule has 0 amide bonds. The Morgan fingerprint density at radius 3 is 2.25 bits per heavy atom. The van der Waals surface area contributed by atoms with Crippen LogP contribution < -0.4 is 10.1 Å². The van der Waals surface area contributed by atoms with Gasteiger partial charge in [0.2, 0.25) is 0 Å². The van der Waals surface area contributed by atoms with E-state index in [2.05, 4.69) is 4.62 Å². The van der Waals surface area contributed by atoms with Crippen LogP contribution in [0.15, 0.2) is 0 Å². The van der Waals surface area contributed by atoms with E-state index in [0.29, 0.717) is 0 Å². The normalized spacial score (nSPS) is 13.2. The first kappa shape index (κ1) is 8.04. The summed E-state index contributed by atoms with van der Waals surface area (Å²) in [5.41, 5.74) is 0. The lowest BCUT2D eigenvalue weighted by Crippen LogP contribution is -2.01. The largest absolute Gasteiger partial charge is 0.640 e. The Balaban J connectivity index is 3.18. The molecule has 2 unspecified atom stereocenters. The lowest BCUT2D eigenvalue weighted by molar-refractivity contribution is -0.188. The molecular weight excluding hydrogens is 156 g/mol. The van der Waals surface area contributed by atoms with Crippen LogP contribution in [0.2, 0.25) is 0 Å². The lowest BCUT2D eigenvalue weighted by atomic mass is 13.5. The molecule has 2 N–H and O–H groups in total. The summed E-state index contributed by atoms with van der Waals surface area (Å²) in [4.78, 5) is 17.2. The van der Waals surface area contributed by atoms with Gasteiger partial charge in [-0.2, -0.15) is 0 Å². The molecule has 0 fully saturated rings. The molecule has 0 saturated heterocycles. The van der Waals surface area contributed by atoms with Crippen LogP contribution in [0.1, 0.15) is 0 Å². The zero-order chi connectivity index (χ0) is 6.57. The third-order valence-corrected chi connectivity index (χ3v) is 0.825. The van der Waals surface area contributed by atoms with Crippen LogP contribution in [0, 0.1) is 0 Å². The summed E-state index contributed by atoms with van der Waals surface area (Å²) in [6.07, 6.45) is 0. The van der Waals surface area contributed by atoms with Crippen molar-refractivity contribution in [2.75, 3.05) is 0 Å². The van der Waals surface area contributed by atoms with Crippen molar-refractivity contribution in [3.8, 4) is 0 Å². The van der Waals surface area contributed by atoms with E-state index in [-0.39, 0.29) is 0 Å². The third kappa shape index (κ3) is 6.04. The molecule has 0 radical (unpaired) electrons. The molecule has 2 atom stereocenters. The average Bonchev–Trinajstić information content (AvgIpc) is 1.61. The van der Waals surface area contributed by atoms with Gasteiger partial charge in [-0.25, -0.2) is 0 Å². The van der Waals surface area contributed by atoms with E-state index in [9.17, 15) is 14.0 Å². The molecule has 46 valence electrons. The maximum Gasteiger partial charge on any atom is 0.640 e. The molecule has 0 aromatic carbocycles. The van der Waals surface area contributed by atoms with Crippen molar-refractivity contribution in [2.45, 2.75) is 0 Å². The predicted octanol–water partition coefficient (Wildman–Crippen LogP) is -0.825. The van der Waals surface area contributed by atoms with Gasteiger partial charge < -0.3 is 4.89 Å². The van der Waals surface area contributed by atoms with Gasteiger partial charge in [0.05, 0.1) is 5.25 Å². The smallest absolute Gasteiger partial charge is 0.565 e. The maximum atomic E-state index is 9.55. The summed E-state index contributed by atoms with van der Waals surface area (Å²) in [7, 11) is -5.83. The van der Waals surface area contributed by atoms with Gasteiger partial charge in [-0.15, -0.1) is 4.89 Å². The first-order valence-electron chi connectivity index (χ1n) is 1.36. The molecule has 0 rings (SSSR count). The van der Waals surface area contributed by atoms with Crippen LogP contribution in [0.25, 0.3) is 0 Å². The minimum atomic E-state index is -3.09. The summed E-state index contributed by atoms with van der Waals surface area (Å²) in [6.45, 7) is 0. The van der Waals surface area contributed by atoms with E-state index < -0.39 is 16.4 Å². The number of hydrogen-bond donors (Lipinski definition) is 2. The summed E-state index contributed by atoms with van der Waals surface area (Å²) < 4.78 is 22.4. The highest BCUT2D eigenvalue weighted by molar-refractivity contribution is 7.36. The van der Waals surface area contributed by atoms with E-state index in [4.69, 9.17) is 4.89 Å². The fourth-order valence-electron chi connectivity index (χ4n) is 0.0683. The van der Waals surface area contributed by atoms with Crippen molar-refractivity contribution in [1.29, 1.82) is 0 Å². The quantitative estimate of drug-likeness (QED) is 0.411.